The van der Waals surface area contributed by atoms with Crippen molar-refractivity contribution in [3.8, 4) is 11.5 Å². The minimum absolute atomic E-state index is 0.0617. The number of benzene rings is 3. The predicted molar refractivity (Wildman–Crippen MR) is 143 cm³/mol. The molecule has 2 N–H and O–H groups in total. The molecule has 0 saturated carbocycles. The standard InChI is InChI=1S/C28H29BrN2O5/c1-4-20-16-21(29)8-13-24(20)31-26(33)17-35-27(34)15-14-25(32)30-22-9-11-23(12-10-22)36-28-18(2)6-5-7-19(28)3/h5-13,16H,4,14-15,17H2,1-3H3,(H,30,32)(H,31,33). The molecule has 0 fully saturated rings. The van der Waals surface area contributed by atoms with Gasteiger partial charge in [-0.25, -0.2) is 0 Å². The van der Waals surface area contributed by atoms with Crippen LogP contribution in [-0.4, -0.2) is 24.4 Å². The number of hydrogen-bond acceptors (Lipinski definition) is 5. The molecule has 0 atom stereocenters. The Labute approximate surface area is 219 Å². The van der Waals surface area contributed by atoms with Crippen molar-refractivity contribution in [2.24, 2.45) is 0 Å². The Morgan fingerprint density at radius 3 is 2.22 bits per heavy atom. The van der Waals surface area contributed by atoms with Gasteiger partial charge in [-0.05, 0) is 79.4 Å². The van der Waals surface area contributed by atoms with Gasteiger partial charge in [-0.1, -0.05) is 41.1 Å². The van der Waals surface area contributed by atoms with E-state index >= 15 is 0 Å². The van der Waals surface area contributed by atoms with Gasteiger partial charge in [0.15, 0.2) is 6.61 Å². The number of nitrogens with one attached hydrogen (secondary N) is 2. The van der Waals surface area contributed by atoms with Gasteiger partial charge >= 0.3 is 5.97 Å². The van der Waals surface area contributed by atoms with E-state index in [9.17, 15) is 14.4 Å². The minimum Gasteiger partial charge on any atom is -0.457 e. The molecule has 0 radical (unpaired) electrons. The van der Waals surface area contributed by atoms with Gasteiger partial charge in [-0.3, -0.25) is 14.4 Å². The van der Waals surface area contributed by atoms with Crippen LogP contribution in [0.5, 0.6) is 11.5 Å². The summed E-state index contributed by atoms with van der Waals surface area (Å²) < 4.78 is 11.9. The van der Waals surface area contributed by atoms with Crippen LogP contribution in [0.25, 0.3) is 0 Å². The van der Waals surface area contributed by atoms with Gasteiger partial charge in [0, 0.05) is 22.3 Å². The fourth-order valence-electron chi connectivity index (χ4n) is 3.50. The lowest BCUT2D eigenvalue weighted by molar-refractivity contribution is -0.147. The third kappa shape index (κ3) is 7.95. The summed E-state index contributed by atoms with van der Waals surface area (Å²) in [6.07, 6.45) is 0.547. The van der Waals surface area contributed by atoms with Gasteiger partial charge in [-0.15, -0.1) is 0 Å². The summed E-state index contributed by atoms with van der Waals surface area (Å²) in [4.78, 5) is 36.4. The van der Waals surface area contributed by atoms with Gasteiger partial charge in [0.05, 0.1) is 6.42 Å². The Balaban J connectivity index is 1.40. The zero-order chi connectivity index (χ0) is 26.1. The molecule has 0 heterocycles. The van der Waals surface area contributed by atoms with Crippen LogP contribution in [0.4, 0.5) is 11.4 Å². The van der Waals surface area contributed by atoms with E-state index in [2.05, 4.69) is 26.6 Å². The molecule has 7 nitrogen and oxygen atoms in total. The molecule has 0 spiro atoms. The average Bonchev–Trinajstić information content (AvgIpc) is 2.86. The zero-order valence-electron chi connectivity index (χ0n) is 20.5. The number of ether oxygens (including phenoxy) is 2. The molecule has 8 heteroatoms. The van der Waals surface area contributed by atoms with Crippen molar-refractivity contribution in [3.05, 3.63) is 81.8 Å². The van der Waals surface area contributed by atoms with Crippen molar-refractivity contribution in [1.82, 2.24) is 0 Å². The van der Waals surface area contributed by atoms with Crippen molar-refractivity contribution in [3.63, 3.8) is 0 Å². The molecule has 0 bridgehead atoms. The molecule has 3 rings (SSSR count). The Morgan fingerprint density at radius 2 is 1.56 bits per heavy atom. The van der Waals surface area contributed by atoms with Gasteiger partial charge in [0.1, 0.15) is 11.5 Å². The molecule has 0 aliphatic heterocycles. The summed E-state index contributed by atoms with van der Waals surface area (Å²) in [5.74, 6) is 0.0741. The van der Waals surface area contributed by atoms with Gasteiger partial charge in [0.25, 0.3) is 5.91 Å². The van der Waals surface area contributed by atoms with Crippen LogP contribution >= 0.6 is 15.9 Å². The molecule has 36 heavy (non-hydrogen) atoms. The fraction of sp³-hybridized carbons (Fsp3) is 0.250. The zero-order valence-corrected chi connectivity index (χ0v) is 22.1. The third-order valence-electron chi connectivity index (χ3n) is 5.41. The van der Waals surface area contributed by atoms with Crippen molar-refractivity contribution in [2.45, 2.75) is 40.0 Å². The third-order valence-corrected chi connectivity index (χ3v) is 5.90. The maximum Gasteiger partial charge on any atom is 0.306 e. The number of aryl methyl sites for hydroxylation is 3. The highest BCUT2D eigenvalue weighted by molar-refractivity contribution is 9.10. The second kappa shape index (κ2) is 12.9. The van der Waals surface area contributed by atoms with E-state index in [0.717, 1.165) is 33.3 Å². The molecule has 0 unspecified atom stereocenters. The lowest BCUT2D eigenvalue weighted by Gasteiger charge is -2.12. The van der Waals surface area contributed by atoms with E-state index in [1.807, 2.05) is 51.1 Å². The largest absolute Gasteiger partial charge is 0.457 e. The van der Waals surface area contributed by atoms with Crippen LogP contribution in [0.15, 0.2) is 65.1 Å². The Bertz CT molecular complexity index is 1220. The average molecular weight is 553 g/mol. The van der Waals surface area contributed by atoms with E-state index in [4.69, 9.17) is 9.47 Å². The van der Waals surface area contributed by atoms with Crippen LogP contribution in [-0.2, 0) is 25.5 Å². The number of para-hydroxylation sites is 1. The van der Waals surface area contributed by atoms with Crippen LogP contribution < -0.4 is 15.4 Å². The molecular weight excluding hydrogens is 524 g/mol. The Hall–Kier alpha value is -3.65. The van der Waals surface area contributed by atoms with E-state index < -0.39 is 18.5 Å². The monoisotopic (exact) mass is 552 g/mol. The van der Waals surface area contributed by atoms with Gasteiger partial charge in [0.2, 0.25) is 5.91 Å². The van der Waals surface area contributed by atoms with Gasteiger partial charge < -0.3 is 20.1 Å². The number of anilines is 2. The number of esters is 1. The van der Waals surface area contributed by atoms with E-state index in [0.29, 0.717) is 17.1 Å². The lowest BCUT2D eigenvalue weighted by Crippen LogP contribution is -2.22. The summed E-state index contributed by atoms with van der Waals surface area (Å²) >= 11 is 3.40. The first-order valence-electron chi connectivity index (χ1n) is 11.6. The highest BCUT2D eigenvalue weighted by atomic mass is 79.9. The highest BCUT2D eigenvalue weighted by Gasteiger charge is 2.13. The second-order valence-electron chi connectivity index (χ2n) is 8.26. The molecule has 0 saturated heterocycles. The van der Waals surface area contributed by atoms with E-state index in [1.165, 1.54) is 0 Å². The van der Waals surface area contributed by atoms with E-state index in [-0.39, 0.29) is 18.7 Å². The van der Waals surface area contributed by atoms with Crippen molar-refractivity contribution in [1.29, 1.82) is 0 Å². The predicted octanol–water partition coefficient (Wildman–Crippen LogP) is 6.32. The first kappa shape index (κ1) is 26.9. The Kier molecular flexibility index (Phi) is 9.64. The summed E-state index contributed by atoms with van der Waals surface area (Å²) in [6, 6.07) is 18.5. The molecule has 3 aromatic carbocycles. The lowest BCUT2D eigenvalue weighted by atomic mass is 10.1. The quantitative estimate of drug-likeness (QED) is 0.287. The number of halogens is 1. The Morgan fingerprint density at radius 1 is 0.861 bits per heavy atom. The molecule has 0 aliphatic carbocycles. The molecule has 2 amide bonds. The number of hydrogen-bond donors (Lipinski definition) is 2. The van der Waals surface area contributed by atoms with Crippen LogP contribution in [0.3, 0.4) is 0 Å². The number of carbonyl (C=O) groups is 3. The minimum atomic E-state index is -0.621. The summed E-state index contributed by atoms with van der Waals surface area (Å²) in [6.45, 7) is 5.54. The number of amides is 2. The molecule has 0 aromatic heterocycles. The first-order chi connectivity index (χ1) is 17.2. The summed E-state index contributed by atoms with van der Waals surface area (Å²) in [7, 11) is 0. The van der Waals surface area contributed by atoms with Crippen molar-refractivity contribution >= 4 is 45.1 Å². The number of rotatable bonds is 10. The van der Waals surface area contributed by atoms with Crippen LogP contribution in [0.2, 0.25) is 0 Å². The molecule has 3 aromatic rings. The molecular formula is C28H29BrN2O5. The second-order valence-corrected chi connectivity index (χ2v) is 9.18. The van der Waals surface area contributed by atoms with Gasteiger partial charge in [-0.2, -0.15) is 0 Å². The van der Waals surface area contributed by atoms with Crippen LogP contribution in [0.1, 0.15) is 36.5 Å². The fourth-order valence-corrected chi connectivity index (χ4v) is 3.91. The molecule has 188 valence electrons. The van der Waals surface area contributed by atoms with E-state index in [1.54, 1.807) is 30.3 Å². The van der Waals surface area contributed by atoms with Crippen molar-refractivity contribution in [2.75, 3.05) is 17.2 Å². The van der Waals surface area contributed by atoms with Crippen LogP contribution in [0, 0.1) is 13.8 Å². The highest BCUT2D eigenvalue weighted by Crippen LogP contribution is 2.29. The molecule has 0 aliphatic rings. The summed E-state index contributed by atoms with van der Waals surface area (Å²) in [5.41, 5.74) is 4.30. The normalized spacial score (nSPS) is 10.4. The smallest absolute Gasteiger partial charge is 0.306 e. The number of carbonyl (C=O) groups excluding carboxylic acids is 3. The maximum absolute atomic E-state index is 12.2. The summed E-state index contributed by atoms with van der Waals surface area (Å²) in [5, 5.41) is 5.48. The maximum atomic E-state index is 12.2. The SMILES string of the molecule is CCc1cc(Br)ccc1NC(=O)COC(=O)CCC(=O)Nc1ccc(Oc2c(C)cccc2C)cc1. The van der Waals surface area contributed by atoms with Crippen molar-refractivity contribution < 1.29 is 23.9 Å². The first-order valence-corrected chi connectivity index (χ1v) is 12.4. The topological polar surface area (TPSA) is 93.7 Å².